The van der Waals surface area contributed by atoms with Crippen LogP contribution >= 0.6 is 11.6 Å². The minimum absolute atomic E-state index is 0.223. The van der Waals surface area contributed by atoms with Gasteiger partial charge >= 0.3 is 0 Å². The van der Waals surface area contributed by atoms with E-state index in [2.05, 4.69) is 15.2 Å². The first kappa shape index (κ1) is 21.6. The van der Waals surface area contributed by atoms with Gasteiger partial charge in [0.05, 0.1) is 27.3 Å². The van der Waals surface area contributed by atoms with Crippen LogP contribution in [0.15, 0.2) is 71.9 Å². The first-order valence-electron chi connectivity index (χ1n) is 11.4. The van der Waals surface area contributed by atoms with Gasteiger partial charge in [-0.15, -0.1) is 0 Å². The summed E-state index contributed by atoms with van der Waals surface area (Å²) in [5.74, 6) is 1.13. The van der Waals surface area contributed by atoms with Gasteiger partial charge in [-0.2, -0.15) is 0 Å². The number of benzene rings is 2. The Kier molecular flexibility index (Phi) is 5.32. The van der Waals surface area contributed by atoms with E-state index in [1.54, 1.807) is 48.8 Å². The normalized spacial score (nSPS) is 22.2. The number of nitrogens with zero attached hydrogens (tertiary/aromatic N) is 4. The van der Waals surface area contributed by atoms with Crippen LogP contribution in [0.2, 0.25) is 5.02 Å². The van der Waals surface area contributed by atoms with Crippen molar-refractivity contribution in [3.05, 3.63) is 72.0 Å². The predicted octanol–water partition coefficient (Wildman–Crippen LogP) is 4.49. The molecule has 7 nitrogen and oxygen atoms in total. The zero-order valence-corrected chi connectivity index (χ0v) is 20.0. The summed E-state index contributed by atoms with van der Waals surface area (Å²) in [6, 6.07) is 16.1. The summed E-state index contributed by atoms with van der Waals surface area (Å²) in [4.78, 5) is 11.9. The maximum Gasteiger partial charge on any atom is 0.268 e. The van der Waals surface area contributed by atoms with Crippen LogP contribution in [0, 0.1) is 5.92 Å². The van der Waals surface area contributed by atoms with Crippen molar-refractivity contribution < 1.29 is 8.42 Å². The Labute approximate surface area is 203 Å². The van der Waals surface area contributed by atoms with Gasteiger partial charge in [0.2, 0.25) is 5.95 Å². The monoisotopic (exact) mass is 493 g/mol. The summed E-state index contributed by atoms with van der Waals surface area (Å²) in [7, 11) is -3.80. The molecule has 7 rings (SSSR count). The highest BCUT2D eigenvalue weighted by atomic mass is 35.5. The Balaban J connectivity index is 1.43. The van der Waals surface area contributed by atoms with E-state index in [0.29, 0.717) is 39.7 Å². The largest absolute Gasteiger partial charge is 0.350 e. The van der Waals surface area contributed by atoms with Crippen molar-refractivity contribution in [2.24, 2.45) is 5.92 Å². The van der Waals surface area contributed by atoms with Crippen LogP contribution in [0.1, 0.15) is 12.8 Å². The molecular weight excluding hydrogens is 470 g/mol. The molecule has 2 aromatic carbocycles. The summed E-state index contributed by atoms with van der Waals surface area (Å²) >= 11 is 6.56. The van der Waals surface area contributed by atoms with E-state index >= 15 is 0 Å². The van der Waals surface area contributed by atoms with E-state index in [0.717, 1.165) is 25.0 Å². The van der Waals surface area contributed by atoms with Crippen LogP contribution in [-0.2, 0) is 10.0 Å². The van der Waals surface area contributed by atoms with Crippen molar-refractivity contribution in [2.45, 2.75) is 23.8 Å². The topological polar surface area (TPSA) is 80.1 Å². The molecule has 5 heterocycles. The Bertz CT molecular complexity index is 1460. The third-order valence-corrected chi connectivity index (χ3v) is 8.91. The molecule has 3 saturated heterocycles. The number of anilines is 1. The lowest BCUT2D eigenvalue weighted by Gasteiger charge is -2.44. The highest BCUT2D eigenvalue weighted by Gasteiger charge is 2.34. The van der Waals surface area contributed by atoms with Gasteiger partial charge in [-0.05, 0) is 50.0 Å². The molecule has 2 aromatic heterocycles. The molecule has 1 N–H and O–H groups in total. The summed E-state index contributed by atoms with van der Waals surface area (Å²) in [6.45, 7) is 3.30. The molecule has 34 heavy (non-hydrogen) atoms. The number of halogens is 1. The maximum absolute atomic E-state index is 13.5. The predicted molar refractivity (Wildman–Crippen MR) is 134 cm³/mol. The quantitative estimate of drug-likeness (QED) is 0.441. The second-order valence-corrected chi connectivity index (χ2v) is 11.2. The fourth-order valence-corrected chi connectivity index (χ4v) is 6.75. The smallest absolute Gasteiger partial charge is 0.268 e. The fourth-order valence-electron chi connectivity index (χ4n) is 5.16. The van der Waals surface area contributed by atoms with E-state index in [1.165, 1.54) is 16.8 Å². The first-order valence-corrected chi connectivity index (χ1v) is 13.2. The molecule has 1 atom stereocenters. The van der Waals surface area contributed by atoms with Crippen molar-refractivity contribution in [1.29, 1.82) is 0 Å². The standard InChI is InChI=1S/C25H24ClN5O2S/c26-21-14-27-25(28-22-16-30-12-10-17(22)11-13-30)29-24(21)20-15-31(23-9-5-4-8-19(20)23)34(32,33)18-6-2-1-3-7-18/h1-9,14-15,17,22H,10-13,16H2,(H,27,28,29)/t22-/m0/s1. The zero-order chi connectivity index (χ0) is 23.3. The molecule has 3 aliphatic heterocycles. The molecule has 0 aliphatic carbocycles. The number of aromatic nitrogens is 3. The molecule has 0 unspecified atom stereocenters. The molecule has 3 aliphatic rings. The highest BCUT2D eigenvalue weighted by Crippen LogP contribution is 2.36. The van der Waals surface area contributed by atoms with Crippen molar-refractivity contribution in [3.8, 4) is 11.3 Å². The molecule has 0 amide bonds. The molecule has 0 saturated carbocycles. The van der Waals surface area contributed by atoms with Crippen molar-refractivity contribution in [3.63, 3.8) is 0 Å². The van der Waals surface area contributed by atoms with Crippen LogP contribution in [0.25, 0.3) is 22.2 Å². The number of para-hydroxylation sites is 1. The summed E-state index contributed by atoms with van der Waals surface area (Å²) in [5.41, 5.74) is 1.74. The van der Waals surface area contributed by atoms with E-state index in [-0.39, 0.29) is 4.90 Å². The molecule has 3 fully saturated rings. The van der Waals surface area contributed by atoms with E-state index < -0.39 is 10.0 Å². The van der Waals surface area contributed by atoms with Gasteiger partial charge in [0.15, 0.2) is 0 Å². The molecule has 174 valence electrons. The van der Waals surface area contributed by atoms with Gasteiger partial charge < -0.3 is 10.2 Å². The molecular formula is C25H24ClN5O2S. The van der Waals surface area contributed by atoms with Gasteiger partial charge in [-0.25, -0.2) is 22.4 Å². The van der Waals surface area contributed by atoms with Gasteiger partial charge in [0.1, 0.15) is 0 Å². The SMILES string of the molecule is O=S(=O)(c1ccccc1)n1cc(-c2nc(N[C@H]3CN4CCC3CC4)ncc2Cl)c2ccccc21. The van der Waals surface area contributed by atoms with Gasteiger partial charge in [-0.3, -0.25) is 0 Å². The first-order chi connectivity index (χ1) is 16.5. The van der Waals surface area contributed by atoms with Gasteiger partial charge in [0, 0.05) is 29.7 Å². The fraction of sp³-hybridized carbons (Fsp3) is 0.280. The van der Waals surface area contributed by atoms with Crippen LogP contribution in [0.5, 0.6) is 0 Å². The number of piperidine rings is 3. The lowest BCUT2D eigenvalue weighted by Crippen LogP contribution is -2.53. The Hall–Kier alpha value is -2.94. The number of rotatable bonds is 5. The Morgan fingerprint density at radius 3 is 2.47 bits per heavy atom. The van der Waals surface area contributed by atoms with Crippen molar-refractivity contribution in [1.82, 2.24) is 18.8 Å². The Morgan fingerprint density at radius 1 is 1.00 bits per heavy atom. The summed E-state index contributed by atoms with van der Waals surface area (Å²) < 4.78 is 28.2. The Morgan fingerprint density at radius 2 is 1.74 bits per heavy atom. The zero-order valence-electron chi connectivity index (χ0n) is 18.4. The number of nitrogens with one attached hydrogen (secondary N) is 1. The minimum atomic E-state index is -3.80. The van der Waals surface area contributed by atoms with Gasteiger partial charge in [-0.1, -0.05) is 48.0 Å². The second kappa shape index (κ2) is 8.37. The third-order valence-electron chi connectivity index (χ3n) is 6.95. The van der Waals surface area contributed by atoms with Gasteiger partial charge in [0.25, 0.3) is 10.0 Å². The molecule has 4 aromatic rings. The minimum Gasteiger partial charge on any atom is -0.350 e. The highest BCUT2D eigenvalue weighted by molar-refractivity contribution is 7.90. The van der Waals surface area contributed by atoms with Crippen LogP contribution in [0.4, 0.5) is 5.95 Å². The number of hydrogen-bond donors (Lipinski definition) is 1. The average molecular weight is 494 g/mol. The molecule has 0 radical (unpaired) electrons. The summed E-state index contributed by atoms with van der Waals surface area (Å²) in [5, 5.41) is 4.65. The van der Waals surface area contributed by atoms with E-state index in [4.69, 9.17) is 16.6 Å². The second-order valence-electron chi connectivity index (χ2n) is 8.95. The summed E-state index contributed by atoms with van der Waals surface area (Å²) in [6.07, 6.45) is 5.57. The lowest BCUT2D eigenvalue weighted by molar-refractivity contribution is 0.0972. The third kappa shape index (κ3) is 3.66. The van der Waals surface area contributed by atoms with Crippen molar-refractivity contribution in [2.75, 3.05) is 25.0 Å². The molecule has 9 heteroatoms. The van der Waals surface area contributed by atoms with Crippen LogP contribution < -0.4 is 5.32 Å². The molecule has 2 bridgehead atoms. The van der Waals surface area contributed by atoms with Crippen LogP contribution in [-0.4, -0.2) is 52.9 Å². The van der Waals surface area contributed by atoms with E-state index in [9.17, 15) is 8.42 Å². The van der Waals surface area contributed by atoms with Crippen molar-refractivity contribution >= 4 is 38.5 Å². The molecule has 0 spiro atoms. The lowest BCUT2D eigenvalue weighted by atomic mass is 9.84. The number of hydrogen-bond acceptors (Lipinski definition) is 6. The van der Waals surface area contributed by atoms with E-state index in [1.807, 2.05) is 18.2 Å². The average Bonchev–Trinajstić information content (AvgIpc) is 3.27. The maximum atomic E-state index is 13.5. The van der Waals surface area contributed by atoms with Crippen LogP contribution in [0.3, 0.4) is 0 Å². The number of fused-ring (bicyclic) bond motifs is 4.